The number of benzene rings is 2. The van der Waals surface area contributed by atoms with Crippen molar-refractivity contribution in [1.82, 2.24) is 0 Å². The zero-order valence-electron chi connectivity index (χ0n) is 18.4. The van der Waals surface area contributed by atoms with Crippen molar-refractivity contribution in [2.24, 2.45) is 0 Å². The Balaban J connectivity index is 1.71. The summed E-state index contributed by atoms with van der Waals surface area (Å²) in [6, 6.07) is 11.1. The van der Waals surface area contributed by atoms with Crippen molar-refractivity contribution in [2.75, 3.05) is 49.7 Å². The van der Waals surface area contributed by atoms with Crippen molar-refractivity contribution in [1.29, 1.82) is 0 Å². The number of aryl methyl sites for hydroxylation is 2. The van der Waals surface area contributed by atoms with E-state index in [0.717, 1.165) is 23.2 Å². The fourth-order valence-electron chi connectivity index (χ4n) is 3.43. The lowest BCUT2D eigenvalue weighted by molar-refractivity contribution is -0.118. The van der Waals surface area contributed by atoms with Gasteiger partial charge in [-0.2, -0.15) is 0 Å². The molecule has 7 nitrogen and oxygen atoms in total. The molecule has 1 amide bonds. The maximum Gasteiger partial charge on any atom is 0.340 e. The minimum atomic E-state index is -0.397. The molecule has 3 rings (SSSR count). The van der Waals surface area contributed by atoms with Gasteiger partial charge in [-0.3, -0.25) is 4.79 Å². The first-order valence-electron chi connectivity index (χ1n) is 10.6. The molecule has 1 aliphatic rings. The van der Waals surface area contributed by atoms with Crippen molar-refractivity contribution < 1.29 is 23.8 Å². The largest absolute Gasteiger partial charge is 0.483 e. The van der Waals surface area contributed by atoms with E-state index in [-0.39, 0.29) is 12.5 Å². The van der Waals surface area contributed by atoms with Gasteiger partial charge in [0.05, 0.1) is 31.1 Å². The lowest BCUT2D eigenvalue weighted by Gasteiger charge is -2.30. The average Bonchev–Trinajstić information content (AvgIpc) is 2.77. The molecule has 0 atom stereocenters. The van der Waals surface area contributed by atoms with E-state index in [1.165, 1.54) is 0 Å². The molecule has 0 spiro atoms. The molecule has 166 valence electrons. The topological polar surface area (TPSA) is 77.1 Å². The fraction of sp³-hybridized carbons (Fsp3) is 0.417. The van der Waals surface area contributed by atoms with Crippen molar-refractivity contribution >= 4 is 23.3 Å². The number of amides is 1. The van der Waals surface area contributed by atoms with Crippen LogP contribution in [0.25, 0.3) is 0 Å². The van der Waals surface area contributed by atoms with E-state index in [9.17, 15) is 9.59 Å². The van der Waals surface area contributed by atoms with Gasteiger partial charge in [0.1, 0.15) is 5.75 Å². The molecule has 1 aliphatic heterocycles. The summed E-state index contributed by atoms with van der Waals surface area (Å²) in [4.78, 5) is 27.2. The highest BCUT2D eigenvalue weighted by Gasteiger charge is 2.21. The molecule has 0 unspecified atom stereocenters. The number of ether oxygens (including phenoxy) is 3. The Bertz CT molecular complexity index is 922. The van der Waals surface area contributed by atoms with E-state index in [1.807, 2.05) is 45.0 Å². The molecule has 1 N–H and O–H groups in total. The maximum absolute atomic E-state index is 12.7. The Morgan fingerprint density at radius 1 is 1.10 bits per heavy atom. The number of esters is 1. The first-order valence-corrected chi connectivity index (χ1v) is 10.6. The van der Waals surface area contributed by atoms with Crippen LogP contribution in [-0.4, -0.2) is 51.4 Å². The van der Waals surface area contributed by atoms with Crippen LogP contribution in [0.2, 0.25) is 0 Å². The monoisotopic (exact) mass is 426 g/mol. The molecule has 7 heteroatoms. The Hall–Kier alpha value is -3.06. The highest BCUT2D eigenvalue weighted by atomic mass is 16.5. The van der Waals surface area contributed by atoms with Crippen molar-refractivity contribution in [3.63, 3.8) is 0 Å². The summed E-state index contributed by atoms with van der Waals surface area (Å²) < 4.78 is 16.4. The summed E-state index contributed by atoms with van der Waals surface area (Å²) in [7, 11) is 0. The molecule has 2 aromatic rings. The Morgan fingerprint density at radius 2 is 1.87 bits per heavy atom. The van der Waals surface area contributed by atoms with E-state index in [1.54, 1.807) is 12.1 Å². The van der Waals surface area contributed by atoms with Crippen molar-refractivity contribution in [3.8, 4) is 5.75 Å². The highest BCUT2D eigenvalue weighted by Crippen LogP contribution is 2.26. The van der Waals surface area contributed by atoms with E-state index in [2.05, 4.69) is 10.2 Å². The van der Waals surface area contributed by atoms with Gasteiger partial charge in [-0.05, 0) is 50.1 Å². The second kappa shape index (κ2) is 10.8. The molecule has 0 aliphatic carbocycles. The van der Waals surface area contributed by atoms with Gasteiger partial charge in [0, 0.05) is 18.8 Å². The van der Waals surface area contributed by atoms with Crippen LogP contribution in [0.3, 0.4) is 0 Å². The Kier molecular flexibility index (Phi) is 7.89. The van der Waals surface area contributed by atoms with E-state index in [0.29, 0.717) is 49.9 Å². The van der Waals surface area contributed by atoms with Crippen LogP contribution >= 0.6 is 0 Å². The van der Waals surface area contributed by atoms with Gasteiger partial charge >= 0.3 is 5.97 Å². The number of nitrogens with one attached hydrogen (secondary N) is 1. The maximum atomic E-state index is 12.7. The first kappa shape index (κ1) is 22.6. The molecular formula is C24H30N2O5. The van der Waals surface area contributed by atoms with E-state index >= 15 is 0 Å². The molecule has 0 saturated carbocycles. The minimum absolute atomic E-state index is 0.120. The van der Waals surface area contributed by atoms with Crippen molar-refractivity contribution in [3.05, 3.63) is 53.1 Å². The van der Waals surface area contributed by atoms with Gasteiger partial charge in [0.25, 0.3) is 5.91 Å². The van der Waals surface area contributed by atoms with Gasteiger partial charge in [0.15, 0.2) is 6.61 Å². The highest BCUT2D eigenvalue weighted by molar-refractivity contribution is 5.99. The first-order chi connectivity index (χ1) is 15.0. The third-order valence-corrected chi connectivity index (χ3v) is 4.98. The number of morpholine rings is 1. The summed E-state index contributed by atoms with van der Waals surface area (Å²) in [6.07, 6.45) is 0.741. The number of carbonyl (C=O) groups excluding carboxylic acids is 2. The number of nitrogens with zero attached hydrogens (tertiary/aromatic N) is 1. The molecular weight excluding hydrogens is 396 g/mol. The zero-order chi connectivity index (χ0) is 22.2. The fourth-order valence-corrected chi connectivity index (χ4v) is 3.43. The van der Waals surface area contributed by atoms with Gasteiger partial charge in [-0.15, -0.1) is 0 Å². The predicted molar refractivity (Wildman–Crippen MR) is 120 cm³/mol. The molecule has 0 radical (unpaired) electrons. The lowest BCUT2D eigenvalue weighted by Crippen LogP contribution is -2.37. The van der Waals surface area contributed by atoms with Crippen LogP contribution in [0, 0.1) is 13.8 Å². The van der Waals surface area contributed by atoms with Crippen LogP contribution in [0.1, 0.15) is 34.8 Å². The second-order valence-electron chi connectivity index (χ2n) is 7.57. The molecule has 2 aromatic carbocycles. The number of hydrogen-bond acceptors (Lipinski definition) is 6. The molecule has 1 fully saturated rings. The van der Waals surface area contributed by atoms with Crippen molar-refractivity contribution in [2.45, 2.75) is 27.2 Å². The van der Waals surface area contributed by atoms with Crippen LogP contribution < -0.4 is 15.0 Å². The van der Waals surface area contributed by atoms with Crippen LogP contribution in [0.15, 0.2) is 36.4 Å². The number of rotatable bonds is 8. The minimum Gasteiger partial charge on any atom is -0.483 e. The Morgan fingerprint density at radius 3 is 2.58 bits per heavy atom. The van der Waals surface area contributed by atoms with Crippen LogP contribution in [0.4, 0.5) is 11.4 Å². The summed E-state index contributed by atoms with van der Waals surface area (Å²) >= 11 is 0. The molecule has 0 aromatic heterocycles. The Labute approximate surface area is 183 Å². The van der Waals surface area contributed by atoms with E-state index < -0.39 is 5.97 Å². The summed E-state index contributed by atoms with van der Waals surface area (Å²) in [5, 5.41) is 2.81. The molecule has 1 saturated heterocycles. The molecule has 0 bridgehead atoms. The summed E-state index contributed by atoms with van der Waals surface area (Å²) in [5.41, 5.74) is 3.85. The molecule has 31 heavy (non-hydrogen) atoms. The standard InChI is InChI=1S/C24H30N2O5/c1-4-11-30-24(28)20-15-19(6-7-21(20)26-9-12-29-13-10-26)25-23(27)16-31-22-8-5-17(2)14-18(22)3/h5-8,14-15H,4,9-13,16H2,1-3H3,(H,25,27). The third kappa shape index (κ3) is 6.21. The number of anilines is 2. The van der Waals surface area contributed by atoms with E-state index in [4.69, 9.17) is 14.2 Å². The van der Waals surface area contributed by atoms with Crippen LogP contribution in [0.5, 0.6) is 5.75 Å². The molecule has 1 heterocycles. The average molecular weight is 427 g/mol. The van der Waals surface area contributed by atoms with Gasteiger partial charge in [-0.25, -0.2) is 4.79 Å². The number of carbonyl (C=O) groups is 2. The quantitative estimate of drug-likeness (QED) is 0.649. The van der Waals surface area contributed by atoms with Gasteiger partial charge < -0.3 is 24.4 Å². The lowest BCUT2D eigenvalue weighted by atomic mass is 10.1. The summed E-state index contributed by atoms with van der Waals surface area (Å²) in [6.45, 7) is 8.74. The smallest absolute Gasteiger partial charge is 0.340 e. The predicted octanol–water partition coefficient (Wildman–Crippen LogP) is 3.72. The third-order valence-electron chi connectivity index (χ3n) is 4.98. The number of hydrogen-bond donors (Lipinski definition) is 1. The normalized spacial score (nSPS) is 13.6. The second-order valence-corrected chi connectivity index (χ2v) is 7.57. The SMILES string of the molecule is CCCOC(=O)c1cc(NC(=O)COc2ccc(C)cc2C)ccc1N1CCOCC1. The van der Waals surface area contributed by atoms with Gasteiger partial charge in [-0.1, -0.05) is 24.6 Å². The zero-order valence-corrected chi connectivity index (χ0v) is 18.4. The summed E-state index contributed by atoms with van der Waals surface area (Å²) in [5.74, 6) is -0.0230. The van der Waals surface area contributed by atoms with Crippen LogP contribution in [-0.2, 0) is 14.3 Å². The van der Waals surface area contributed by atoms with Gasteiger partial charge in [0.2, 0.25) is 0 Å².